The lowest BCUT2D eigenvalue weighted by Gasteiger charge is -2.35. The van der Waals surface area contributed by atoms with Gasteiger partial charge in [0.25, 0.3) is 0 Å². The first kappa shape index (κ1) is 15.2. The predicted octanol–water partition coefficient (Wildman–Crippen LogP) is 2.03. The SMILES string of the molecule is CCC(CC)(CO)NCC(C)(O)c1ccccc1. The van der Waals surface area contributed by atoms with Gasteiger partial charge in [-0.05, 0) is 25.3 Å². The van der Waals surface area contributed by atoms with Gasteiger partial charge in [-0.15, -0.1) is 0 Å². The van der Waals surface area contributed by atoms with Gasteiger partial charge in [-0.25, -0.2) is 0 Å². The number of aliphatic hydroxyl groups is 2. The molecule has 0 aromatic heterocycles. The third kappa shape index (κ3) is 3.55. The van der Waals surface area contributed by atoms with Crippen molar-refractivity contribution >= 4 is 0 Å². The van der Waals surface area contributed by atoms with Gasteiger partial charge in [0, 0.05) is 12.1 Å². The van der Waals surface area contributed by atoms with Crippen LogP contribution in [-0.2, 0) is 5.60 Å². The Bertz CT molecular complexity index is 337. The standard InChI is InChI=1S/C15H25NO2/c1-4-15(5-2,12-17)16-11-14(3,18)13-9-7-6-8-10-13/h6-10,16-18H,4-5,11-12H2,1-3H3. The summed E-state index contributed by atoms with van der Waals surface area (Å²) in [7, 11) is 0. The molecule has 0 radical (unpaired) electrons. The Morgan fingerprint density at radius 3 is 2.11 bits per heavy atom. The summed E-state index contributed by atoms with van der Waals surface area (Å²) in [6, 6.07) is 9.61. The summed E-state index contributed by atoms with van der Waals surface area (Å²) in [6.45, 7) is 6.40. The Morgan fingerprint density at radius 1 is 1.11 bits per heavy atom. The summed E-state index contributed by atoms with van der Waals surface area (Å²) in [5.41, 5.74) is -0.332. The van der Waals surface area contributed by atoms with Crippen LogP contribution in [0.1, 0.15) is 39.2 Å². The molecular weight excluding hydrogens is 226 g/mol. The van der Waals surface area contributed by atoms with Crippen molar-refractivity contribution in [2.45, 2.75) is 44.8 Å². The first-order chi connectivity index (χ1) is 8.49. The van der Waals surface area contributed by atoms with E-state index >= 15 is 0 Å². The molecule has 1 unspecified atom stereocenters. The van der Waals surface area contributed by atoms with Crippen molar-refractivity contribution in [3.05, 3.63) is 35.9 Å². The van der Waals surface area contributed by atoms with Crippen LogP contribution in [0.4, 0.5) is 0 Å². The topological polar surface area (TPSA) is 52.5 Å². The number of hydrogen-bond donors (Lipinski definition) is 3. The molecule has 0 spiro atoms. The third-order valence-corrected chi connectivity index (χ3v) is 3.86. The van der Waals surface area contributed by atoms with Crippen molar-refractivity contribution in [1.29, 1.82) is 0 Å². The van der Waals surface area contributed by atoms with Crippen LogP contribution in [0.15, 0.2) is 30.3 Å². The lowest BCUT2D eigenvalue weighted by Crippen LogP contribution is -2.52. The maximum absolute atomic E-state index is 10.5. The molecular formula is C15H25NO2. The molecule has 0 aliphatic carbocycles. The van der Waals surface area contributed by atoms with E-state index in [-0.39, 0.29) is 12.1 Å². The van der Waals surface area contributed by atoms with Gasteiger partial charge >= 0.3 is 0 Å². The van der Waals surface area contributed by atoms with E-state index in [1.807, 2.05) is 44.2 Å². The Kier molecular flexibility index (Phi) is 5.32. The van der Waals surface area contributed by atoms with Gasteiger partial charge in [0.15, 0.2) is 0 Å². The minimum absolute atomic E-state index is 0.0882. The van der Waals surface area contributed by atoms with E-state index in [0.717, 1.165) is 18.4 Å². The zero-order valence-electron chi connectivity index (χ0n) is 11.6. The van der Waals surface area contributed by atoms with Crippen LogP contribution in [0.3, 0.4) is 0 Å². The van der Waals surface area contributed by atoms with Gasteiger partial charge in [0.1, 0.15) is 0 Å². The molecule has 1 rings (SSSR count). The molecule has 18 heavy (non-hydrogen) atoms. The van der Waals surface area contributed by atoms with Crippen LogP contribution in [0.25, 0.3) is 0 Å². The molecule has 0 aliphatic heterocycles. The molecule has 0 bridgehead atoms. The van der Waals surface area contributed by atoms with Gasteiger partial charge in [-0.2, -0.15) is 0 Å². The van der Waals surface area contributed by atoms with Crippen LogP contribution >= 0.6 is 0 Å². The van der Waals surface area contributed by atoms with Gasteiger partial charge in [0.05, 0.1) is 12.2 Å². The van der Waals surface area contributed by atoms with Crippen LogP contribution in [0, 0.1) is 0 Å². The van der Waals surface area contributed by atoms with Crippen molar-refractivity contribution in [1.82, 2.24) is 5.32 Å². The largest absolute Gasteiger partial charge is 0.394 e. The zero-order valence-corrected chi connectivity index (χ0v) is 11.6. The molecule has 3 heteroatoms. The molecule has 0 saturated heterocycles. The van der Waals surface area contributed by atoms with E-state index in [2.05, 4.69) is 5.32 Å². The van der Waals surface area contributed by atoms with Crippen LogP contribution in [-0.4, -0.2) is 28.9 Å². The molecule has 0 fully saturated rings. The molecule has 1 atom stereocenters. The van der Waals surface area contributed by atoms with Crippen molar-refractivity contribution in [3.8, 4) is 0 Å². The van der Waals surface area contributed by atoms with E-state index in [1.54, 1.807) is 6.92 Å². The smallest absolute Gasteiger partial charge is 0.0992 e. The lowest BCUT2D eigenvalue weighted by molar-refractivity contribution is 0.0370. The first-order valence-electron chi connectivity index (χ1n) is 6.63. The highest BCUT2D eigenvalue weighted by Crippen LogP contribution is 2.22. The molecule has 102 valence electrons. The highest BCUT2D eigenvalue weighted by Gasteiger charge is 2.30. The first-order valence-corrected chi connectivity index (χ1v) is 6.63. The Balaban J connectivity index is 2.72. The monoisotopic (exact) mass is 251 g/mol. The highest BCUT2D eigenvalue weighted by molar-refractivity contribution is 5.21. The maximum atomic E-state index is 10.5. The summed E-state index contributed by atoms with van der Waals surface area (Å²) < 4.78 is 0. The predicted molar refractivity (Wildman–Crippen MR) is 74.4 cm³/mol. The van der Waals surface area contributed by atoms with E-state index in [1.165, 1.54) is 0 Å². The van der Waals surface area contributed by atoms with Gasteiger partial charge < -0.3 is 15.5 Å². The number of rotatable bonds is 7. The third-order valence-electron chi connectivity index (χ3n) is 3.86. The summed E-state index contributed by atoms with van der Waals surface area (Å²) in [4.78, 5) is 0. The van der Waals surface area contributed by atoms with E-state index in [4.69, 9.17) is 0 Å². The number of aliphatic hydroxyl groups excluding tert-OH is 1. The number of β-amino-alcohol motifs (C(OH)–C–C–N with tert-alkyl or cyclic N) is 1. The second-order valence-corrected chi connectivity index (χ2v) is 5.14. The molecule has 1 aromatic carbocycles. The highest BCUT2D eigenvalue weighted by atomic mass is 16.3. The van der Waals surface area contributed by atoms with Crippen molar-refractivity contribution in [3.63, 3.8) is 0 Å². The normalized spacial score (nSPS) is 15.4. The number of benzene rings is 1. The average Bonchev–Trinajstić information content (AvgIpc) is 2.42. The molecule has 3 nitrogen and oxygen atoms in total. The second kappa shape index (κ2) is 6.32. The number of nitrogens with one attached hydrogen (secondary N) is 1. The number of hydrogen-bond acceptors (Lipinski definition) is 3. The molecule has 1 aromatic rings. The lowest BCUT2D eigenvalue weighted by atomic mass is 9.90. The van der Waals surface area contributed by atoms with Gasteiger partial charge in [-0.1, -0.05) is 44.2 Å². The fourth-order valence-corrected chi connectivity index (χ4v) is 2.04. The second-order valence-electron chi connectivity index (χ2n) is 5.14. The fraction of sp³-hybridized carbons (Fsp3) is 0.600. The average molecular weight is 251 g/mol. The molecule has 0 amide bonds. The van der Waals surface area contributed by atoms with Crippen LogP contribution < -0.4 is 5.32 Å². The van der Waals surface area contributed by atoms with E-state index in [9.17, 15) is 10.2 Å². The Morgan fingerprint density at radius 2 is 1.67 bits per heavy atom. The minimum Gasteiger partial charge on any atom is -0.394 e. The maximum Gasteiger partial charge on any atom is 0.0992 e. The van der Waals surface area contributed by atoms with Crippen molar-refractivity contribution in [2.24, 2.45) is 0 Å². The summed E-state index contributed by atoms with van der Waals surface area (Å²) in [5, 5.41) is 23.3. The molecule has 0 saturated carbocycles. The van der Waals surface area contributed by atoms with Gasteiger partial charge in [0.2, 0.25) is 0 Å². The summed E-state index contributed by atoms with van der Waals surface area (Å²) >= 11 is 0. The molecule has 0 aliphatic rings. The van der Waals surface area contributed by atoms with Crippen molar-refractivity contribution in [2.75, 3.05) is 13.2 Å². The minimum atomic E-state index is -0.925. The van der Waals surface area contributed by atoms with Crippen LogP contribution in [0.5, 0.6) is 0 Å². The molecule has 3 N–H and O–H groups in total. The zero-order chi connectivity index (χ0) is 13.6. The summed E-state index contributed by atoms with van der Waals surface area (Å²) in [5.74, 6) is 0. The van der Waals surface area contributed by atoms with E-state index < -0.39 is 5.60 Å². The Labute approximate surface area is 110 Å². The van der Waals surface area contributed by atoms with E-state index in [0.29, 0.717) is 6.54 Å². The Hall–Kier alpha value is -0.900. The summed E-state index contributed by atoms with van der Waals surface area (Å²) in [6.07, 6.45) is 1.68. The van der Waals surface area contributed by atoms with Crippen LogP contribution in [0.2, 0.25) is 0 Å². The molecule has 0 heterocycles. The quantitative estimate of drug-likeness (QED) is 0.695. The van der Waals surface area contributed by atoms with Crippen molar-refractivity contribution < 1.29 is 10.2 Å². The van der Waals surface area contributed by atoms with Gasteiger partial charge in [-0.3, -0.25) is 0 Å². The fourth-order valence-electron chi connectivity index (χ4n) is 2.04.